The van der Waals surface area contributed by atoms with Crippen LogP contribution in [0.5, 0.6) is 0 Å². The van der Waals surface area contributed by atoms with E-state index in [2.05, 4.69) is 21.9 Å². The number of amides is 1. The third-order valence-corrected chi connectivity index (χ3v) is 10.3. The van der Waals surface area contributed by atoms with Gasteiger partial charge in [0.2, 0.25) is 0 Å². The number of hydrogen-bond acceptors (Lipinski definition) is 7. The highest BCUT2D eigenvalue weighted by atomic mass is 16.4. The number of rotatable bonds is 13. The van der Waals surface area contributed by atoms with Crippen LogP contribution in [0, 0.1) is 13.8 Å². The average molecular weight is 711 g/mol. The number of aromatic carboxylic acids is 1. The van der Waals surface area contributed by atoms with Gasteiger partial charge in [0.1, 0.15) is 11.6 Å². The first-order chi connectivity index (χ1) is 24.7. The highest BCUT2D eigenvalue weighted by Crippen LogP contribution is 2.43. The summed E-state index contributed by atoms with van der Waals surface area (Å²) in [5.41, 5.74) is 13.2. The minimum absolute atomic E-state index is 0.0800. The molecule has 2 aliphatic rings. The number of nitrogens with two attached hydrogens (primary N) is 1. The average Bonchev–Trinajstić information content (AvgIpc) is 3.76. The smallest absolute Gasteiger partial charge is 0.339 e. The van der Waals surface area contributed by atoms with Crippen molar-refractivity contribution in [2.24, 2.45) is 5.73 Å². The number of allylic oxidation sites excluding steroid dienone is 1. The zero-order valence-corrected chi connectivity index (χ0v) is 30.1. The number of aryl methyl sites for hydroxylation is 3. The van der Waals surface area contributed by atoms with Crippen LogP contribution >= 0.6 is 0 Å². The lowest BCUT2D eigenvalue weighted by Crippen LogP contribution is -2.41. The van der Waals surface area contributed by atoms with Crippen molar-refractivity contribution >= 4 is 63.1 Å². The maximum absolute atomic E-state index is 14.2. The van der Waals surface area contributed by atoms with Crippen LogP contribution < -0.4 is 11.1 Å². The number of unbranched alkanes of at least 4 members (excludes halogenated alkanes) is 1. The van der Waals surface area contributed by atoms with Gasteiger partial charge >= 0.3 is 17.9 Å². The lowest BCUT2D eigenvalue weighted by molar-refractivity contribution is -0.141. The summed E-state index contributed by atoms with van der Waals surface area (Å²) in [6.07, 6.45) is 3.42. The number of nitrogens with zero attached hydrogens (tertiary/aromatic N) is 2. The first-order valence-electron chi connectivity index (χ1n) is 17.5. The van der Waals surface area contributed by atoms with Crippen molar-refractivity contribution in [2.45, 2.75) is 91.0 Å². The number of carbonyl (C=O) groups is 4. The first-order valence-corrected chi connectivity index (χ1v) is 17.5. The van der Waals surface area contributed by atoms with E-state index in [9.17, 15) is 34.5 Å². The molecule has 13 heteroatoms. The molecule has 5 rings (SSSR count). The van der Waals surface area contributed by atoms with Crippen molar-refractivity contribution < 1.29 is 34.5 Å². The molecule has 1 amide bonds. The van der Waals surface area contributed by atoms with Gasteiger partial charge in [-0.05, 0) is 99.9 Å². The number of fused-ring (bicyclic) bond motifs is 8. The van der Waals surface area contributed by atoms with E-state index in [-0.39, 0.29) is 41.8 Å². The number of aliphatic carboxylic acids is 2. The summed E-state index contributed by atoms with van der Waals surface area (Å²) in [5.74, 6) is -5.52. The van der Waals surface area contributed by atoms with Crippen molar-refractivity contribution in [1.29, 1.82) is 0 Å². The Kier molecular flexibility index (Phi) is 11.1. The van der Waals surface area contributed by atoms with Gasteiger partial charge in [-0.15, -0.1) is 0 Å². The van der Waals surface area contributed by atoms with E-state index >= 15 is 0 Å². The largest absolute Gasteiger partial charge is 0.481 e. The lowest BCUT2D eigenvalue weighted by atomic mass is 9.85. The number of carbonyl (C=O) groups excluding carboxylic acids is 1. The van der Waals surface area contributed by atoms with Crippen LogP contribution in [0.15, 0.2) is 24.8 Å². The highest BCUT2D eigenvalue weighted by molar-refractivity contribution is 6.29. The summed E-state index contributed by atoms with van der Waals surface area (Å²) < 4.78 is 0. The third kappa shape index (κ3) is 7.13. The number of nitrogens with one attached hydrogen (secondary N) is 3. The van der Waals surface area contributed by atoms with Crippen LogP contribution in [-0.2, 0) is 20.8 Å². The normalized spacial score (nSPS) is 16.1. The van der Waals surface area contributed by atoms with E-state index in [4.69, 9.17) is 15.7 Å². The Morgan fingerprint density at radius 2 is 1.67 bits per heavy atom. The summed E-state index contributed by atoms with van der Waals surface area (Å²) >= 11 is 0. The molecule has 0 saturated heterocycles. The summed E-state index contributed by atoms with van der Waals surface area (Å²) in [4.78, 5) is 68.2. The molecule has 0 saturated carbocycles. The highest BCUT2D eigenvalue weighted by Gasteiger charge is 2.38. The topological polar surface area (TPSA) is 224 Å². The van der Waals surface area contributed by atoms with Gasteiger partial charge in [0, 0.05) is 51.6 Å². The van der Waals surface area contributed by atoms with Crippen LogP contribution in [0.2, 0.25) is 0 Å². The minimum atomic E-state index is -1.40. The SMILES string of the molecule is C=Cc1c(C)c2cc3nc(c(C(=O)O)c4nc(cc5[nH]c(cc1[nH]2)c(C)c5CC)C(C)=C4C(=O)NC(CCCCN)C(=O)O)[C@@H](CCC(=O)O)[C@@H]3C. The van der Waals surface area contributed by atoms with Gasteiger partial charge in [0.15, 0.2) is 0 Å². The lowest BCUT2D eigenvalue weighted by Gasteiger charge is -2.18. The molecule has 8 N–H and O–H groups in total. The zero-order valence-electron chi connectivity index (χ0n) is 30.1. The van der Waals surface area contributed by atoms with Crippen molar-refractivity contribution in [3.63, 3.8) is 0 Å². The molecule has 1 unspecified atom stereocenters. The molecule has 0 aromatic carbocycles. The minimum Gasteiger partial charge on any atom is -0.481 e. The fourth-order valence-electron chi connectivity index (χ4n) is 7.32. The molecule has 3 aromatic heterocycles. The monoisotopic (exact) mass is 710 g/mol. The van der Waals surface area contributed by atoms with Gasteiger partial charge in [0.05, 0.1) is 22.7 Å². The van der Waals surface area contributed by atoms with Crippen LogP contribution in [0.4, 0.5) is 0 Å². The van der Waals surface area contributed by atoms with Crippen LogP contribution in [0.25, 0.3) is 39.3 Å². The molecule has 0 spiro atoms. The molecule has 3 atom stereocenters. The van der Waals surface area contributed by atoms with Crippen LogP contribution in [0.1, 0.15) is 120 Å². The van der Waals surface area contributed by atoms with Crippen molar-refractivity contribution in [3.05, 3.63) is 75.4 Å². The first kappa shape index (κ1) is 37.7. The second kappa shape index (κ2) is 15.4. The van der Waals surface area contributed by atoms with E-state index < -0.39 is 41.7 Å². The molecule has 274 valence electrons. The van der Waals surface area contributed by atoms with Crippen LogP contribution in [-0.4, -0.2) is 71.7 Å². The zero-order chi connectivity index (χ0) is 38.0. The number of hydrogen-bond donors (Lipinski definition) is 7. The second-order valence-corrected chi connectivity index (χ2v) is 13.5. The van der Waals surface area contributed by atoms with E-state index in [0.717, 1.165) is 44.3 Å². The number of aromatic nitrogens is 4. The van der Waals surface area contributed by atoms with E-state index in [1.807, 2.05) is 39.8 Å². The molecule has 0 fully saturated rings. The predicted octanol–water partition coefficient (Wildman–Crippen LogP) is 6.22. The van der Waals surface area contributed by atoms with Crippen LogP contribution in [0.3, 0.4) is 0 Å². The van der Waals surface area contributed by atoms with Gasteiger partial charge in [0.25, 0.3) is 5.91 Å². The standard InChI is InChI=1S/C39H46N6O7/c1-7-22-18(3)26-15-28-20(5)24(12-13-32(46)47)35(43-28)34(39(51)52)36-33(37(48)45-25(38(49)50)11-9-10-14-40)21(6)29(44-36)17-31-23(8-2)19(4)27(42-31)16-30(22)41-26/h7,15-17,20,24-25,41-42H,1,8-14,40H2,2-6H3,(H,45,48)(H,46,47)(H,49,50)(H,51,52)/t20-,24-,25?/m0/s1. The fourth-order valence-corrected chi connectivity index (χ4v) is 7.32. The van der Waals surface area contributed by atoms with Crippen molar-refractivity contribution in [2.75, 3.05) is 6.54 Å². The maximum Gasteiger partial charge on any atom is 0.339 e. The van der Waals surface area contributed by atoms with Gasteiger partial charge in [-0.25, -0.2) is 14.6 Å². The molecular weight excluding hydrogens is 664 g/mol. The molecule has 0 radical (unpaired) electrons. The Morgan fingerprint density at radius 1 is 0.981 bits per heavy atom. The molecule has 0 aliphatic carbocycles. The van der Waals surface area contributed by atoms with Crippen molar-refractivity contribution in [1.82, 2.24) is 25.3 Å². The molecule has 8 bridgehead atoms. The fraction of sp³-hybridized carbons (Fsp3) is 0.385. The molecular formula is C39H46N6O7. The van der Waals surface area contributed by atoms with E-state index in [1.165, 1.54) is 0 Å². The number of aromatic amines is 2. The summed E-state index contributed by atoms with van der Waals surface area (Å²) in [6.45, 7) is 13.9. The summed E-state index contributed by atoms with van der Waals surface area (Å²) in [5, 5.41) is 33.1. The molecule has 3 aromatic rings. The molecule has 52 heavy (non-hydrogen) atoms. The van der Waals surface area contributed by atoms with Gasteiger partial charge in [-0.3, -0.25) is 14.6 Å². The van der Waals surface area contributed by atoms with E-state index in [1.54, 1.807) is 19.1 Å². The Labute approximate surface area is 301 Å². The van der Waals surface area contributed by atoms with Crippen molar-refractivity contribution in [3.8, 4) is 0 Å². The Morgan fingerprint density at radius 3 is 2.29 bits per heavy atom. The third-order valence-electron chi connectivity index (χ3n) is 10.3. The van der Waals surface area contributed by atoms with Gasteiger partial charge in [-0.1, -0.05) is 26.5 Å². The van der Waals surface area contributed by atoms with E-state index in [0.29, 0.717) is 42.8 Å². The predicted molar refractivity (Wildman–Crippen MR) is 200 cm³/mol. The molecule has 2 aliphatic heterocycles. The summed E-state index contributed by atoms with van der Waals surface area (Å²) in [7, 11) is 0. The second-order valence-electron chi connectivity index (χ2n) is 13.5. The Hall–Kier alpha value is -5.56. The number of carboxylic acid groups (broad SMARTS) is 3. The van der Waals surface area contributed by atoms with Gasteiger partial charge in [-0.2, -0.15) is 0 Å². The molecule has 5 heterocycles. The summed E-state index contributed by atoms with van der Waals surface area (Å²) in [6, 6.07) is 4.37. The number of H-pyrrole nitrogens is 2. The Balaban J connectivity index is 1.93. The molecule has 13 nitrogen and oxygen atoms in total. The quantitative estimate of drug-likeness (QED) is 0.0992. The number of carboxylic acids is 3. The maximum atomic E-state index is 14.2. The van der Waals surface area contributed by atoms with Gasteiger partial charge < -0.3 is 36.3 Å². The Bertz CT molecular complexity index is 2180.